The highest BCUT2D eigenvalue weighted by molar-refractivity contribution is 7.80. The van der Waals surface area contributed by atoms with Gasteiger partial charge in [-0.25, -0.2) is 0 Å². The lowest BCUT2D eigenvalue weighted by Crippen LogP contribution is -2.41. The fourth-order valence-electron chi connectivity index (χ4n) is 2.03. The Hall–Kier alpha value is -0.190. The minimum Gasteiger partial charge on any atom is -0.393 e. The van der Waals surface area contributed by atoms with Gasteiger partial charge in [0.05, 0.1) is 11.6 Å². The standard InChI is InChI=1S/C12H24N2OS/c1-2-3-8-15-9-7-14-6-4-5-11(10-14)12(13)16/h11H,2-10H2,1H3,(H2,13,16). The van der Waals surface area contributed by atoms with Crippen LogP contribution in [0.5, 0.6) is 0 Å². The monoisotopic (exact) mass is 244 g/mol. The number of rotatable bonds is 7. The van der Waals surface area contributed by atoms with E-state index >= 15 is 0 Å². The number of nitrogens with two attached hydrogens (primary N) is 1. The van der Waals surface area contributed by atoms with Crippen molar-refractivity contribution in [3.05, 3.63) is 0 Å². The first kappa shape index (κ1) is 13.9. The average Bonchev–Trinajstić information content (AvgIpc) is 2.29. The van der Waals surface area contributed by atoms with E-state index < -0.39 is 0 Å². The van der Waals surface area contributed by atoms with Gasteiger partial charge in [-0.15, -0.1) is 0 Å². The Bertz CT molecular complexity index is 211. The van der Waals surface area contributed by atoms with Crippen LogP contribution in [0.25, 0.3) is 0 Å². The van der Waals surface area contributed by atoms with E-state index in [9.17, 15) is 0 Å². The van der Waals surface area contributed by atoms with E-state index in [1.807, 2.05) is 0 Å². The van der Waals surface area contributed by atoms with Crippen LogP contribution in [0.4, 0.5) is 0 Å². The highest BCUT2D eigenvalue weighted by Crippen LogP contribution is 2.16. The maximum absolute atomic E-state index is 5.70. The zero-order valence-electron chi connectivity index (χ0n) is 10.3. The summed E-state index contributed by atoms with van der Waals surface area (Å²) in [4.78, 5) is 3.09. The van der Waals surface area contributed by atoms with Gasteiger partial charge in [-0.1, -0.05) is 25.6 Å². The number of unbranched alkanes of at least 4 members (excludes halogenated alkanes) is 1. The summed E-state index contributed by atoms with van der Waals surface area (Å²) in [6, 6.07) is 0. The van der Waals surface area contributed by atoms with Crippen LogP contribution < -0.4 is 5.73 Å². The predicted octanol–water partition coefficient (Wildman–Crippen LogP) is 1.80. The first-order chi connectivity index (χ1) is 7.74. The topological polar surface area (TPSA) is 38.5 Å². The van der Waals surface area contributed by atoms with E-state index in [0.29, 0.717) is 10.9 Å². The SMILES string of the molecule is CCCCOCCN1CCCC(C(N)=S)C1. The van der Waals surface area contributed by atoms with Crippen molar-refractivity contribution in [3.8, 4) is 0 Å². The Balaban J connectivity index is 2.10. The van der Waals surface area contributed by atoms with Crippen molar-refractivity contribution in [2.45, 2.75) is 32.6 Å². The molecule has 1 fully saturated rings. The number of hydrogen-bond donors (Lipinski definition) is 1. The molecule has 2 N–H and O–H groups in total. The molecule has 3 nitrogen and oxygen atoms in total. The quantitative estimate of drug-likeness (QED) is 0.547. The van der Waals surface area contributed by atoms with Gasteiger partial charge in [0, 0.05) is 25.6 Å². The van der Waals surface area contributed by atoms with Crippen LogP contribution in [0.15, 0.2) is 0 Å². The molecule has 0 aromatic heterocycles. The number of nitrogens with zero attached hydrogens (tertiary/aromatic N) is 1. The van der Waals surface area contributed by atoms with Gasteiger partial charge in [-0.3, -0.25) is 0 Å². The Kier molecular flexibility index (Phi) is 6.92. The van der Waals surface area contributed by atoms with Gasteiger partial charge in [-0.05, 0) is 25.8 Å². The molecule has 0 aliphatic carbocycles. The average molecular weight is 244 g/mol. The molecule has 0 bridgehead atoms. The maximum atomic E-state index is 5.70. The molecule has 1 aliphatic heterocycles. The largest absolute Gasteiger partial charge is 0.393 e. The van der Waals surface area contributed by atoms with Gasteiger partial charge in [0.15, 0.2) is 0 Å². The van der Waals surface area contributed by atoms with Gasteiger partial charge < -0.3 is 15.4 Å². The molecule has 1 saturated heterocycles. The summed E-state index contributed by atoms with van der Waals surface area (Å²) >= 11 is 5.06. The number of likely N-dealkylation sites (tertiary alicyclic amines) is 1. The molecular formula is C12H24N2OS. The highest BCUT2D eigenvalue weighted by atomic mass is 32.1. The van der Waals surface area contributed by atoms with Crippen molar-refractivity contribution in [1.29, 1.82) is 0 Å². The van der Waals surface area contributed by atoms with Crippen molar-refractivity contribution in [1.82, 2.24) is 4.90 Å². The zero-order valence-corrected chi connectivity index (χ0v) is 11.1. The van der Waals surface area contributed by atoms with E-state index in [2.05, 4.69) is 11.8 Å². The van der Waals surface area contributed by atoms with Crippen molar-refractivity contribution < 1.29 is 4.74 Å². The van der Waals surface area contributed by atoms with Crippen LogP contribution in [-0.4, -0.2) is 42.7 Å². The molecule has 0 aromatic rings. The minimum absolute atomic E-state index is 0.416. The van der Waals surface area contributed by atoms with Gasteiger partial charge in [0.2, 0.25) is 0 Å². The Labute approximate surface area is 104 Å². The molecule has 1 atom stereocenters. The molecule has 1 rings (SSSR count). The third kappa shape index (κ3) is 5.23. The zero-order chi connectivity index (χ0) is 11.8. The van der Waals surface area contributed by atoms with Crippen molar-refractivity contribution >= 4 is 17.2 Å². The third-order valence-electron chi connectivity index (χ3n) is 3.10. The predicted molar refractivity (Wildman–Crippen MR) is 71.7 cm³/mol. The van der Waals surface area contributed by atoms with Gasteiger partial charge in [0.25, 0.3) is 0 Å². The number of hydrogen-bond acceptors (Lipinski definition) is 3. The van der Waals surface area contributed by atoms with E-state index in [-0.39, 0.29) is 0 Å². The second kappa shape index (κ2) is 7.98. The van der Waals surface area contributed by atoms with E-state index in [0.717, 1.165) is 45.7 Å². The molecule has 0 saturated carbocycles. The summed E-state index contributed by atoms with van der Waals surface area (Å²) in [5.74, 6) is 0.416. The Morgan fingerprint density at radius 3 is 3.00 bits per heavy atom. The Morgan fingerprint density at radius 2 is 2.31 bits per heavy atom. The molecule has 94 valence electrons. The highest BCUT2D eigenvalue weighted by Gasteiger charge is 2.21. The van der Waals surface area contributed by atoms with Crippen LogP contribution in [0.1, 0.15) is 32.6 Å². The van der Waals surface area contributed by atoms with Crippen LogP contribution >= 0.6 is 12.2 Å². The van der Waals surface area contributed by atoms with E-state index in [4.69, 9.17) is 22.7 Å². The second-order valence-electron chi connectivity index (χ2n) is 4.51. The summed E-state index contributed by atoms with van der Waals surface area (Å²) in [5.41, 5.74) is 5.70. The molecule has 0 aromatic carbocycles. The van der Waals surface area contributed by atoms with E-state index in [1.165, 1.54) is 12.8 Å². The van der Waals surface area contributed by atoms with Crippen LogP contribution in [0.3, 0.4) is 0 Å². The molecule has 4 heteroatoms. The number of thiocarbonyl (C=S) groups is 1. The van der Waals surface area contributed by atoms with Crippen LogP contribution in [0, 0.1) is 5.92 Å². The van der Waals surface area contributed by atoms with Gasteiger partial charge >= 0.3 is 0 Å². The summed E-state index contributed by atoms with van der Waals surface area (Å²) in [7, 11) is 0. The molecule has 1 aliphatic rings. The fourth-order valence-corrected chi connectivity index (χ4v) is 2.23. The van der Waals surface area contributed by atoms with Gasteiger partial charge in [0.1, 0.15) is 0 Å². The molecule has 1 unspecified atom stereocenters. The van der Waals surface area contributed by atoms with Crippen molar-refractivity contribution in [3.63, 3.8) is 0 Å². The molecule has 1 heterocycles. The summed E-state index contributed by atoms with van der Waals surface area (Å²) < 4.78 is 5.57. The maximum Gasteiger partial charge on any atom is 0.0771 e. The molecule has 0 radical (unpaired) electrons. The molecule has 0 spiro atoms. The van der Waals surface area contributed by atoms with Gasteiger partial charge in [-0.2, -0.15) is 0 Å². The lowest BCUT2D eigenvalue weighted by Gasteiger charge is -2.31. The Morgan fingerprint density at radius 1 is 1.50 bits per heavy atom. The summed E-state index contributed by atoms with van der Waals surface area (Å²) in [6.45, 7) is 7.11. The number of ether oxygens (including phenoxy) is 1. The smallest absolute Gasteiger partial charge is 0.0771 e. The minimum atomic E-state index is 0.416. The normalized spacial score (nSPS) is 22.2. The van der Waals surface area contributed by atoms with Crippen molar-refractivity contribution in [2.75, 3.05) is 32.8 Å². The third-order valence-corrected chi connectivity index (χ3v) is 3.44. The molecular weight excluding hydrogens is 220 g/mol. The summed E-state index contributed by atoms with van der Waals surface area (Å²) in [5, 5.41) is 0. The summed E-state index contributed by atoms with van der Waals surface area (Å²) in [6.07, 6.45) is 4.72. The first-order valence-electron chi connectivity index (χ1n) is 6.33. The van der Waals surface area contributed by atoms with E-state index in [1.54, 1.807) is 0 Å². The molecule has 16 heavy (non-hydrogen) atoms. The first-order valence-corrected chi connectivity index (χ1v) is 6.74. The number of piperidine rings is 1. The molecule has 0 amide bonds. The lowest BCUT2D eigenvalue weighted by molar-refractivity contribution is 0.0901. The fraction of sp³-hybridized carbons (Fsp3) is 0.917. The second-order valence-corrected chi connectivity index (χ2v) is 4.98. The van der Waals surface area contributed by atoms with Crippen LogP contribution in [0.2, 0.25) is 0 Å². The van der Waals surface area contributed by atoms with Crippen molar-refractivity contribution in [2.24, 2.45) is 11.7 Å². The lowest BCUT2D eigenvalue weighted by atomic mass is 9.98. The van der Waals surface area contributed by atoms with Crippen LogP contribution in [-0.2, 0) is 4.74 Å².